The van der Waals surface area contributed by atoms with Gasteiger partial charge in [-0.05, 0) is 37.1 Å². The second kappa shape index (κ2) is 5.84. The van der Waals surface area contributed by atoms with Gasteiger partial charge in [-0.3, -0.25) is 4.79 Å². The minimum atomic E-state index is -0.374. The van der Waals surface area contributed by atoms with Crippen LogP contribution in [0.4, 0.5) is 4.39 Å². The molecule has 2 rings (SSSR count). The second-order valence-corrected chi connectivity index (χ2v) is 5.79. The predicted molar refractivity (Wildman–Crippen MR) is 74.9 cm³/mol. The van der Waals surface area contributed by atoms with Crippen LogP contribution in [0.3, 0.4) is 0 Å². The molecule has 0 unspecified atom stereocenters. The highest BCUT2D eigenvalue weighted by atomic mass is 79.9. The van der Waals surface area contributed by atoms with Crippen molar-refractivity contribution in [1.29, 1.82) is 0 Å². The molecular formula is C14H15BrFNO2. The minimum absolute atomic E-state index is 0.0945. The van der Waals surface area contributed by atoms with Crippen molar-refractivity contribution in [2.75, 3.05) is 13.2 Å². The molecule has 0 spiro atoms. The molecular weight excluding hydrogens is 313 g/mol. The van der Waals surface area contributed by atoms with E-state index >= 15 is 0 Å². The molecule has 0 atom stereocenters. The number of aliphatic hydroxyl groups excluding tert-OH is 1. The molecule has 1 aromatic carbocycles. The first-order valence-electron chi connectivity index (χ1n) is 6.06. The van der Waals surface area contributed by atoms with Gasteiger partial charge in [0.05, 0.1) is 6.61 Å². The van der Waals surface area contributed by atoms with Gasteiger partial charge in [0.2, 0.25) is 5.91 Å². The summed E-state index contributed by atoms with van der Waals surface area (Å²) in [5.74, 6) is -0.652. The van der Waals surface area contributed by atoms with Gasteiger partial charge in [0.1, 0.15) is 5.82 Å². The molecule has 1 aliphatic carbocycles. The first kappa shape index (κ1) is 14.2. The van der Waals surface area contributed by atoms with Crippen LogP contribution in [0.15, 0.2) is 28.7 Å². The number of benzene rings is 1. The monoisotopic (exact) mass is 327 g/mol. The van der Waals surface area contributed by atoms with Gasteiger partial charge < -0.3 is 10.4 Å². The summed E-state index contributed by atoms with van der Waals surface area (Å²) in [6.07, 6.45) is 4.62. The van der Waals surface area contributed by atoms with E-state index in [0.717, 1.165) is 17.3 Å². The zero-order chi connectivity index (χ0) is 13.9. The first-order valence-corrected chi connectivity index (χ1v) is 6.86. The third-order valence-corrected chi connectivity index (χ3v) is 3.80. The van der Waals surface area contributed by atoms with Crippen LogP contribution in [0.25, 0.3) is 6.08 Å². The van der Waals surface area contributed by atoms with Crippen molar-refractivity contribution in [3.8, 4) is 0 Å². The summed E-state index contributed by atoms with van der Waals surface area (Å²) in [6, 6.07) is 4.55. The zero-order valence-electron chi connectivity index (χ0n) is 10.3. The van der Waals surface area contributed by atoms with Crippen molar-refractivity contribution >= 4 is 27.9 Å². The molecule has 1 aromatic rings. The summed E-state index contributed by atoms with van der Waals surface area (Å²) in [7, 11) is 0. The maximum atomic E-state index is 13.4. The fourth-order valence-corrected chi connectivity index (χ4v) is 2.09. The number of amides is 1. The Morgan fingerprint density at radius 2 is 2.26 bits per heavy atom. The lowest BCUT2D eigenvalue weighted by atomic mass is 10.1. The van der Waals surface area contributed by atoms with E-state index in [0.29, 0.717) is 12.1 Å². The maximum Gasteiger partial charge on any atom is 0.244 e. The summed E-state index contributed by atoms with van der Waals surface area (Å²) >= 11 is 3.25. The Morgan fingerprint density at radius 3 is 2.89 bits per heavy atom. The number of aliphatic hydroxyl groups is 1. The third kappa shape index (κ3) is 3.88. The summed E-state index contributed by atoms with van der Waals surface area (Å²) < 4.78 is 14.2. The van der Waals surface area contributed by atoms with Crippen molar-refractivity contribution in [3.63, 3.8) is 0 Å². The molecule has 0 radical (unpaired) electrons. The standard InChI is InChI=1S/C14H15BrFNO2/c15-11-2-3-12(16)10(7-11)1-4-13(19)17-8-14(9-18)5-6-14/h1-4,7,18H,5-6,8-9H2,(H,17,19)/b4-1+. The number of halogens is 2. The summed E-state index contributed by atoms with van der Waals surface area (Å²) in [4.78, 5) is 11.6. The van der Waals surface area contributed by atoms with Crippen LogP contribution in [0.2, 0.25) is 0 Å². The normalized spacial score (nSPS) is 16.6. The SMILES string of the molecule is O=C(/C=C/c1cc(Br)ccc1F)NCC1(CO)CC1. The molecule has 3 nitrogen and oxygen atoms in total. The van der Waals surface area contributed by atoms with Gasteiger partial charge in [-0.25, -0.2) is 4.39 Å². The lowest BCUT2D eigenvalue weighted by molar-refractivity contribution is -0.116. The minimum Gasteiger partial charge on any atom is -0.396 e. The molecule has 0 bridgehead atoms. The Balaban J connectivity index is 1.91. The molecule has 0 aliphatic heterocycles. The van der Waals surface area contributed by atoms with Gasteiger partial charge in [0.15, 0.2) is 0 Å². The van der Waals surface area contributed by atoms with Crippen LogP contribution in [0.5, 0.6) is 0 Å². The van der Waals surface area contributed by atoms with Crippen LogP contribution in [-0.4, -0.2) is 24.2 Å². The third-order valence-electron chi connectivity index (χ3n) is 3.30. The highest BCUT2D eigenvalue weighted by Gasteiger charge is 2.41. The first-order chi connectivity index (χ1) is 9.04. The van der Waals surface area contributed by atoms with E-state index in [9.17, 15) is 9.18 Å². The Bertz CT molecular complexity index is 512. The molecule has 19 heavy (non-hydrogen) atoms. The van der Waals surface area contributed by atoms with Gasteiger partial charge >= 0.3 is 0 Å². The summed E-state index contributed by atoms with van der Waals surface area (Å²) in [5.41, 5.74) is 0.234. The molecule has 102 valence electrons. The molecule has 1 aliphatic rings. The van der Waals surface area contributed by atoms with E-state index in [1.807, 2.05) is 0 Å². The Morgan fingerprint density at radius 1 is 1.53 bits per heavy atom. The Labute approximate surface area is 119 Å². The molecule has 5 heteroatoms. The number of nitrogens with one attached hydrogen (secondary N) is 1. The fourth-order valence-electron chi connectivity index (χ4n) is 1.71. The van der Waals surface area contributed by atoms with E-state index in [2.05, 4.69) is 21.2 Å². The largest absolute Gasteiger partial charge is 0.396 e. The number of rotatable bonds is 5. The maximum absolute atomic E-state index is 13.4. The zero-order valence-corrected chi connectivity index (χ0v) is 11.9. The number of carbonyl (C=O) groups is 1. The van der Waals surface area contributed by atoms with Crippen molar-refractivity contribution in [2.45, 2.75) is 12.8 Å². The summed E-state index contributed by atoms with van der Waals surface area (Å²) in [6.45, 7) is 0.560. The van der Waals surface area contributed by atoms with Crippen molar-refractivity contribution in [3.05, 3.63) is 40.1 Å². The quantitative estimate of drug-likeness (QED) is 0.816. The van der Waals surface area contributed by atoms with Crippen LogP contribution in [-0.2, 0) is 4.79 Å². The van der Waals surface area contributed by atoms with Gasteiger partial charge in [-0.2, -0.15) is 0 Å². The topological polar surface area (TPSA) is 49.3 Å². The van der Waals surface area contributed by atoms with Crippen LogP contribution in [0.1, 0.15) is 18.4 Å². The van der Waals surface area contributed by atoms with Crippen LogP contribution in [0, 0.1) is 11.2 Å². The van der Waals surface area contributed by atoms with Crippen LogP contribution < -0.4 is 5.32 Å². The lowest BCUT2D eigenvalue weighted by Gasteiger charge is -2.11. The van der Waals surface area contributed by atoms with E-state index in [-0.39, 0.29) is 23.7 Å². The highest BCUT2D eigenvalue weighted by Crippen LogP contribution is 2.44. The number of hydrogen-bond donors (Lipinski definition) is 2. The van der Waals surface area contributed by atoms with E-state index in [1.54, 1.807) is 12.1 Å². The molecule has 0 aromatic heterocycles. The number of hydrogen-bond acceptors (Lipinski definition) is 2. The van der Waals surface area contributed by atoms with Crippen LogP contribution >= 0.6 is 15.9 Å². The predicted octanol–water partition coefficient (Wildman–Crippen LogP) is 2.49. The molecule has 2 N–H and O–H groups in total. The number of carbonyl (C=O) groups excluding carboxylic acids is 1. The summed E-state index contributed by atoms with van der Waals surface area (Å²) in [5, 5.41) is 11.8. The van der Waals surface area contributed by atoms with Gasteiger partial charge in [0, 0.05) is 28.1 Å². The smallest absolute Gasteiger partial charge is 0.244 e. The molecule has 0 heterocycles. The van der Waals surface area contributed by atoms with Gasteiger partial charge in [-0.15, -0.1) is 0 Å². The van der Waals surface area contributed by atoms with E-state index in [1.165, 1.54) is 18.2 Å². The van der Waals surface area contributed by atoms with Crippen molar-refractivity contribution in [1.82, 2.24) is 5.32 Å². The van der Waals surface area contributed by atoms with Gasteiger partial charge in [-0.1, -0.05) is 15.9 Å². The van der Waals surface area contributed by atoms with E-state index in [4.69, 9.17) is 5.11 Å². The lowest BCUT2D eigenvalue weighted by Crippen LogP contribution is -2.30. The molecule has 1 saturated carbocycles. The highest BCUT2D eigenvalue weighted by molar-refractivity contribution is 9.10. The molecule has 0 saturated heterocycles. The average molecular weight is 328 g/mol. The molecule has 1 amide bonds. The van der Waals surface area contributed by atoms with Gasteiger partial charge in [0.25, 0.3) is 0 Å². The van der Waals surface area contributed by atoms with Crippen molar-refractivity contribution < 1.29 is 14.3 Å². The average Bonchev–Trinajstić information content (AvgIpc) is 3.18. The molecule has 1 fully saturated rings. The fraction of sp³-hybridized carbons (Fsp3) is 0.357. The Kier molecular flexibility index (Phi) is 4.37. The second-order valence-electron chi connectivity index (χ2n) is 4.88. The Hall–Kier alpha value is -1.20. The van der Waals surface area contributed by atoms with Crippen molar-refractivity contribution in [2.24, 2.45) is 5.41 Å². The van der Waals surface area contributed by atoms with E-state index < -0.39 is 0 Å².